The Labute approximate surface area is 160 Å². The van der Waals surface area contributed by atoms with Crippen molar-refractivity contribution < 1.29 is 19.0 Å². The number of hydrogen-bond acceptors (Lipinski definition) is 5. The van der Waals surface area contributed by atoms with Gasteiger partial charge in [0.05, 0.1) is 20.3 Å². The van der Waals surface area contributed by atoms with Crippen LogP contribution < -0.4 is 14.4 Å². The molecule has 0 bridgehead atoms. The fourth-order valence-corrected chi connectivity index (χ4v) is 2.98. The lowest BCUT2D eigenvalue weighted by Gasteiger charge is -2.29. The van der Waals surface area contributed by atoms with Crippen molar-refractivity contribution in [3.63, 3.8) is 0 Å². The van der Waals surface area contributed by atoms with Crippen LogP contribution in [0.1, 0.15) is 5.56 Å². The summed E-state index contributed by atoms with van der Waals surface area (Å²) in [6.45, 7) is 3.88. The zero-order valence-electron chi connectivity index (χ0n) is 15.9. The topological polar surface area (TPSA) is 51.2 Å². The molecule has 0 radical (unpaired) electrons. The summed E-state index contributed by atoms with van der Waals surface area (Å²) < 4.78 is 16.2. The fraction of sp³-hybridized carbons (Fsp3) is 0.381. The number of amides is 1. The zero-order chi connectivity index (χ0) is 19.1. The Hall–Kier alpha value is -2.73. The highest BCUT2D eigenvalue weighted by molar-refractivity contribution is 5.77. The van der Waals surface area contributed by atoms with Crippen LogP contribution in [0.15, 0.2) is 48.5 Å². The number of anilines is 1. The van der Waals surface area contributed by atoms with Crippen molar-refractivity contribution in [3.05, 3.63) is 54.1 Å². The number of para-hydroxylation sites is 2. The fourth-order valence-electron chi connectivity index (χ4n) is 2.98. The van der Waals surface area contributed by atoms with E-state index in [4.69, 9.17) is 14.2 Å². The van der Waals surface area contributed by atoms with E-state index in [1.807, 2.05) is 12.1 Å². The molecule has 1 aliphatic rings. The minimum Gasteiger partial charge on any atom is -0.493 e. The minimum absolute atomic E-state index is 0.0251. The van der Waals surface area contributed by atoms with E-state index in [1.54, 1.807) is 31.2 Å². The van der Waals surface area contributed by atoms with Crippen molar-refractivity contribution >= 4 is 11.6 Å². The molecule has 1 aliphatic heterocycles. The molecule has 144 valence electrons. The van der Waals surface area contributed by atoms with E-state index < -0.39 is 0 Å². The van der Waals surface area contributed by atoms with Crippen LogP contribution in [0.4, 0.5) is 5.69 Å². The maximum absolute atomic E-state index is 12.4. The molecule has 27 heavy (non-hydrogen) atoms. The maximum Gasteiger partial charge on any atom is 0.260 e. The predicted molar refractivity (Wildman–Crippen MR) is 104 cm³/mol. The van der Waals surface area contributed by atoms with Crippen molar-refractivity contribution in [2.24, 2.45) is 0 Å². The number of likely N-dealkylation sites (N-methyl/N-ethyl adjacent to an activating group) is 1. The molecule has 6 heteroatoms. The molecule has 1 heterocycles. The van der Waals surface area contributed by atoms with Crippen molar-refractivity contribution in [2.75, 3.05) is 52.0 Å². The van der Waals surface area contributed by atoms with Crippen LogP contribution in [0.2, 0.25) is 0 Å². The molecule has 0 spiro atoms. The molecule has 2 aromatic carbocycles. The molecule has 6 nitrogen and oxygen atoms in total. The van der Waals surface area contributed by atoms with E-state index >= 15 is 0 Å². The van der Waals surface area contributed by atoms with E-state index in [2.05, 4.69) is 29.2 Å². The number of nitrogens with zero attached hydrogens (tertiary/aromatic N) is 2. The third-order valence-corrected chi connectivity index (χ3v) is 4.58. The van der Waals surface area contributed by atoms with Gasteiger partial charge in [0.15, 0.2) is 18.1 Å². The highest BCUT2D eigenvalue weighted by atomic mass is 16.5. The van der Waals surface area contributed by atoms with Crippen molar-refractivity contribution in [3.8, 4) is 11.5 Å². The van der Waals surface area contributed by atoms with Gasteiger partial charge in [-0.2, -0.15) is 0 Å². The smallest absolute Gasteiger partial charge is 0.260 e. The van der Waals surface area contributed by atoms with Crippen molar-refractivity contribution in [1.29, 1.82) is 0 Å². The Morgan fingerprint density at radius 3 is 2.41 bits per heavy atom. The molecule has 0 aromatic heterocycles. The first-order chi connectivity index (χ1) is 13.2. The molecule has 1 amide bonds. The quantitative estimate of drug-likeness (QED) is 0.750. The Morgan fingerprint density at radius 1 is 1.07 bits per heavy atom. The molecule has 0 aliphatic carbocycles. The predicted octanol–water partition coefficient (Wildman–Crippen LogP) is 2.57. The standard InChI is InChI=1S/C21H26N2O4/c1-22(21(24)16-27-20-6-4-3-5-19(20)25-2)15-17-7-9-18(10-8-17)23-11-13-26-14-12-23/h3-10H,11-16H2,1-2H3. The lowest BCUT2D eigenvalue weighted by atomic mass is 10.1. The monoisotopic (exact) mass is 370 g/mol. The number of rotatable bonds is 7. The summed E-state index contributed by atoms with van der Waals surface area (Å²) in [4.78, 5) is 16.3. The average Bonchev–Trinajstić information content (AvgIpc) is 2.73. The highest BCUT2D eigenvalue weighted by Gasteiger charge is 2.13. The third kappa shape index (κ3) is 5.14. The summed E-state index contributed by atoms with van der Waals surface area (Å²) in [6, 6.07) is 15.6. The summed E-state index contributed by atoms with van der Waals surface area (Å²) >= 11 is 0. The van der Waals surface area contributed by atoms with Gasteiger partial charge in [0, 0.05) is 32.4 Å². The molecule has 3 rings (SSSR count). The number of methoxy groups -OCH3 is 1. The van der Waals surface area contributed by atoms with E-state index in [0.29, 0.717) is 18.0 Å². The van der Waals surface area contributed by atoms with Crippen LogP contribution in [-0.4, -0.2) is 57.9 Å². The summed E-state index contributed by atoms with van der Waals surface area (Å²) in [5.74, 6) is 1.10. The average molecular weight is 370 g/mol. The molecule has 0 atom stereocenters. The van der Waals surface area contributed by atoms with Gasteiger partial charge in [0.2, 0.25) is 0 Å². The van der Waals surface area contributed by atoms with Crippen LogP contribution in [0.5, 0.6) is 11.5 Å². The molecule has 0 unspecified atom stereocenters. The number of carbonyl (C=O) groups is 1. The molecular weight excluding hydrogens is 344 g/mol. The highest BCUT2D eigenvalue weighted by Crippen LogP contribution is 2.25. The van der Waals surface area contributed by atoms with Crippen LogP contribution >= 0.6 is 0 Å². The number of ether oxygens (including phenoxy) is 3. The van der Waals surface area contributed by atoms with E-state index in [9.17, 15) is 4.79 Å². The van der Waals surface area contributed by atoms with Gasteiger partial charge in [0.1, 0.15) is 0 Å². The lowest BCUT2D eigenvalue weighted by molar-refractivity contribution is -0.132. The number of hydrogen-bond donors (Lipinski definition) is 0. The van der Waals surface area contributed by atoms with Gasteiger partial charge in [-0.05, 0) is 29.8 Å². The first-order valence-corrected chi connectivity index (χ1v) is 9.09. The summed E-state index contributed by atoms with van der Waals surface area (Å²) in [5.41, 5.74) is 2.27. The van der Waals surface area contributed by atoms with Crippen molar-refractivity contribution in [2.45, 2.75) is 6.54 Å². The first-order valence-electron chi connectivity index (χ1n) is 9.09. The number of carbonyl (C=O) groups excluding carboxylic acids is 1. The Morgan fingerprint density at radius 2 is 1.74 bits per heavy atom. The second-order valence-corrected chi connectivity index (χ2v) is 6.46. The Bertz CT molecular complexity index is 742. The van der Waals surface area contributed by atoms with Crippen LogP contribution in [0.25, 0.3) is 0 Å². The van der Waals surface area contributed by atoms with Gasteiger partial charge in [-0.3, -0.25) is 4.79 Å². The lowest BCUT2D eigenvalue weighted by Crippen LogP contribution is -2.36. The Kier molecular flexibility index (Phi) is 6.54. The van der Waals surface area contributed by atoms with Gasteiger partial charge in [0.25, 0.3) is 5.91 Å². The Balaban J connectivity index is 1.51. The molecular formula is C21H26N2O4. The summed E-state index contributed by atoms with van der Waals surface area (Å²) in [5, 5.41) is 0. The van der Waals surface area contributed by atoms with Crippen molar-refractivity contribution in [1.82, 2.24) is 4.90 Å². The van der Waals surface area contributed by atoms with Gasteiger partial charge in [-0.1, -0.05) is 24.3 Å². The van der Waals surface area contributed by atoms with Gasteiger partial charge >= 0.3 is 0 Å². The minimum atomic E-state index is -0.0850. The normalized spacial score (nSPS) is 13.9. The third-order valence-electron chi connectivity index (χ3n) is 4.58. The van der Waals surface area contributed by atoms with E-state index in [-0.39, 0.29) is 12.5 Å². The second kappa shape index (κ2) is 9.28. The van der Waals surface area contributed by atoms with Gasteiger partial charge in [-0.25, -0.2) is 0 Å². The molecule has 2 aromatic rings. The van der Waals surface area contributed by atoms with Crippen LogP contribution in [0, 0.1) is 0 Å². The molecule has 0 N–H and O–H groups in total. The molecule has 0 saturated carbocycles. The number of morpholine rings is 1. The van der Waals surface area contributed by atoms with E-state index in [0.717, 1.165) is 31.9 Å². The molecule has 1 fully saturated rings. The number of benzene rings is 2. The summed E-state index contributed by atoms with van der Waals surface area (Å²) in [7, 11) is 3.36. The second-order valence-electron chi connectivity index (χ2n) is 6.46. The SMILES string of the molecule is COc1ccccc1OCC(=O)N(C)Cc1ccc(N2CCOCC2)cc1. The summed E-state index contributed by atoms with van der Waals surface area (Å²) in [6.07, 6.45) is 0. The van der Waals surface area contributed by atoms with Gasteiger partial charge < -0.3 is 24.0 Å². The largest absolute Gasteiger partial charge is 0.493 e. The van der Waals surface area contributed by atoms with Gasteiger partial charge in [-0.15, -0.1) is 0 Å². The zero-order valence-corrected chi connectivity index (χ0v) is 15.9. The van der Waals surface area contributed by atoms with Crippen LogP contribution in [0.3, 0.4) is 0 Å². The van der Waals surface area contributed by atoms with E-state index in [1.165, 1.54) is 5.69 Å². The first kappa shape index (κ1) is 19.0. The van der Waals surface area contributed by atoms with Crippen LogP contribution in [-0.2, 0) is 16.1 Å². The molecule has 1 saturated heterocycles. The maximum atomic E-state index is 12.4.